The molecule has 3 rings (SSSR count). The molecule has 23 heavy (non-hydrogen) atoms. The molecule has 0 radical (unpaired) electrons. The van der Waals surface area contributed by atoms with Crippen LogP contribution in [0.25, 0.3) is 10.9 Å². The van der Waals surface area contributed by atoms with E-state index in [1.807, 2.05) is 6.07 Å². The van der Waals surface area contributed by atoms with Crippen molar-refractivity contribution in [3.8, 4) is 0 Å². The molecule has 0 spiro atoms. The first-order valence-electron chi connectivity index (χ1n) is 6.80. The zero-order valence-electron chi connectivity index (χ0n) is 12.1. The van der Waals surface area contributed by atoms with E-state index >= 15 is 0 Å². The molecule has 0 saturated heterocycles. The summed E-state index contributed by atoms with van der Waals surface area (Å²) >= 11 is 11.7. The van der Waals surface area contributed by atoms with E-state index in [4.69, 9.17) is 23.2 Å². The highest BCUT2D eigenvalue weighted by molar-refractivity contribution is 6.64. The zero-order valence-corrected chi connectivity index (χ0v) is 13.6. The molecule has 1 aromatic heterocycles. The summed E-state index contributed by atoms with van der Waals surface area (Å²) in [7, 11) is 0. The molecule has 3 aromatic rings. The van der Waals surface area contributed by atoms with E-state index in [1.54, 1.807) is 49.4 Å². The minimum atomic E-state index is -0.299. The van der Waals surface area contributed by atoms with Crippen molar-refractivity contribution in [2.45, 2.75) is 6.92 Å². The minimum absolute atomic E-state index is 0.225. The molecule has 0 aliphatic heterocycles. The number of nitrogens with zero attached hydrogens (tertiary/aromatic N) is 3. The molecule has 0 atom stereocenters. The normalized spacial score (nSPS) is 11.7. The highest BCUT2D eigenvalue weighted by atomic mass is 35.5. The van der Waals surface area contributed by atoms with Gasteiger partial charge in [-0.25, -0.2) is 4.98 Å². The third-order valence-electron chi connectivity index (χ3n) is 3.09. The lowest BCUT2D eigenvalue weighted by Gasteiger charge is -2.11. The smallest absolute Gasteiger partial charge is 0.283 e. The van der Waals surface area contributed by atoms with Gasteiger partial charge in [0.2, 0.25) is 5.95 Å². The second kappa shape index (κ2) is 6.40. The molecule has 5 nitrogen and oxygen atoms in total. The Hall–Kier alpha value is -2.37. The lowest BCUT2D eigenvalue weighted by atomic mass is 10.2. The number of aromatic nitrogens is 2. The second-order valence-corrected chi connectivity index (χ2v) is 5.78. The van der Waals surface area contributed by atoms with Crippen molar-refractivity contribution in [3.63, 3.8) is 0 Å². The Bertz CT molecular complexity index is 944. The van der Waals surface area contributed by atoms with Gasteiger partial charge >= 0.3 is 0 Å². The summed E-state index contributed by atoms with van der Waals surface area (Å²) in [4.78, 5) is 17.1. The van der Waals surface area contributed by atoms with Crippen LogP contribution in [0.15, 0.2) is 58.4 Å². The van der Waals surface area contributed by atoms with E-state index in [1.165, 1.54) is 0 Å². The van der Waals surface area contributed by atoms with Gasteiger partial charge in [-0.2, -0.15) is 9.78 Å². The van der Waals surface area contributed by atoms with Crippen LogP contribution in [0.3, 0.4) is 0 Å². The van der Waals surface area contributed by atoms with Gasteiger partial charge in [-0.3, -0.25) is 4.79 Å². The average molecular weight is 347 g/mol. The molecule has 0 fully saturated rings. The SMILES string of the molecule is C/C(Cl)=N/n1c(Nc2ccc(Cl)cc2)nc2ccccc2c1=O. The molecule has 116 valence electrons. The van der Waals surface area contributed by atoms with Gasteiger partial charge in [0.15, 0.2) is 0 Å². The van der Waals surface area contributed by atoms with Crippen LogP contribution in [0.5, 0.6) is 0 Å². The van der Waals surface area contributed by atoms with Crippen molar-refractivity contribution in [1.82, 2.24) is 9.66 Å². The van der Waals surface area contributed by atoms with Gasteiger partial charge in [0.05, 0.1) is 10.9 Å². The van der Waals surface area contributed by atoms with Gasteiger partial charge in [0, 0.05) is 10.7 Å². The summed E-state index contributed by atoms with van der Waals surface area (Å²) in [6.07, 6.45) is 0. The summed E-state index contributed by atoms with van der Waals surface area (Å²) in [5.74, 6) is 0.274. The highest BCUT2D eigenvalue weighted by Crippen LogP contribution is 2.19. The standard InChI is InChI=1S/C16H12Cl2N4O/c1-10(17)21-22-15(23)13-4-2-3-5-14(13)20-16(22)19-12-8-6-11(18)7-9-12/h2-9H,1H3,(H,19,20)/b21-10-. The van der Waals surface area contributed by atoms with Crippen LogP contribution in [0, 0.1) is 0 Å². The van der Waals surface area contributed by atoms with E-state index < -0.39 is 0 Å². The number of anilines is 2. The number of para-hydroxylation sites is 1. The van der Waals surface area contributed by atoms with Crippen molar-refractivity contribution >= 4 is 50.9 Å². The molecule has 0 saturated carbocycles. The minimum Gasteiger partial charge on any atom is -0.324 e. The highest BCUT2D eigenvalue weighted by Gasteiger charge is 2.11. The summed E-state index contributed by atoms with van der Waals surface area (Å²) in [5.41, 5.74) is 1.01. The van der Waals surface area contributed by atoms with Crippen molar-refractivity contribution in [1.29, 1.82) is 0 Å². The lowest BCUT2D eigenvalue weighted by molar-refractivity contribution is 0.827. The van der Waals surface area contributed by atoms with Crippen molar-refractivity contribution in [2.24, 2.45) is 5.10 Å². The maximum atomic E-state index is 12.6. The van der Waals surface area contributed by atoms with Crippen LogP contribution >= 0.6 is 23.2 Å². The summed E-state index contributed by atoms with van der Waals surface area (Å²) < 4.78 is 1.15. The fourth-order valence-electron chi connectivity index (χ4n) is 2.10. The van der Waals surface area contributed by atoms with E-state index in [2.05, 4.69) is 15.4 Å². The largest absolute Gasteiger partial charge is 0.324 e. The average Bonchev–Trinajstić information content (AvgIpc) is 2.53. The molecule has 2 aromatic carbocycles. The quantitative estimate of drug-likeness (QED) is 0.722. The number of hydrogen-bond donors (Lipinski definition) is 1. The van der Waals surface area contributed by atoms with Gasteiger partial charge in [0.1, 0.15) is 5.17 Å². The first kappa shape index (κ1) is 15.5. The molecule has 0 amide bonds. The second-order valence-electron chi connectivity index (χ2n) is 4.80. The number of benzene rings is 2. The summed E-state index contributed by atoms with van der Waals surface area (Å²) in [6.45, 7) is 1.59. The summed E-state index contributed by atoms with van der Waals surface area (Å²) in [6, 6.07) is 14.1. The Labute approximate surface area is 142 Å². The van der Waals surface area contributed by atoms with Crippen LogP contribution in [0.4, 0.5) is 11.6 Å². The molecule has 0 aliphatic carbocycles. The third kappa shape index (κ3) is 3.36. The molecule has 1 heterocycles. The van der Waals surface area contributed by atoms with Crippen LogP contribution < -0.4 is 10.9 Å². The number of nitrogens with one attached hydrogen (secondary N) is 1. The number of fused-ring (bicyclic) bond motifs is 1. The van der Waals surface area contributed by atoms with Crippen LogP contribution in [0.2, 0.25) is 5.02 Å². The Balaban J connectivity index is 2.19. The van der Waals surface area contributed by atoms with Crippen molar-refractivity contribution in [2.75, 3.05) is 5.32 Å². The monoisotopic (exact) mass is 346 g/mol. The topological polar surface area (TPSA) is 59.3 Å². The Morgan fingerprint density at radius 3 is 2.57 bits per heavy atom. The maximum Gasteiger partial charge on any atom is 0.283 e. The van der Waals surface area contributed by atoms with Gasteiger partial charge in [-0.1, -0.05) is 35.3 Å². The molecular weight excluding hydrogens is 335 g/mol. The van der Waals surface area contributed by atoms with E-state index in [0.29, 0.717) is 15.9 Å². The third-order valence-corrected chi connectivity index (χ3v) is 3.42. The molecule has 0 unspecified atom stereocenters. The molecule has 7 heteroatoms. The van der Waals surface area contributed by atoms with Crippen LogP contribution in [0.1, 0.15) is 6.92 Å². The predicted octanol–water partition coefficient (Wildman–Crippen LogP) is 4.21. The van der Waals surface area contributed by atoms with Crippen LogP contribution in [-0.4, -0.2) is 14.8 Å². The Morgan fingerprint density at radius 1 is 1.17 bits per heavy atom. The van der Waals surface area contributed by atoms with Gasteiger partial charge < -0.3 is 5.32 Å². The maximum absolute atomic E-state index is 12.6. The van der Waals surface area contributed by atoms with Crippen molar-refractivity contribution in [3.05, 3.63) is 63.9 Å². The lowest BCUT2D eigenvalue weighted by Crippen LogP contribution is -2.21. The van der Waals surface area contributed by atoms with Gasteiger partial charge in [0.25, 0.3) is 5.56 Å². The van der Waals surface area contributed by atoms with Gasteiger partial charge in [-0.05, 0) is 43.3 Å². The predicted molar refractivity (Wildman–Crippen MR) is 95.1 cm³/mol. The first-order chi connectivity index (χ1) is 11.0. The zero-order chi connectivity index (χ0) is 16.4. The van der Waals surface area contributed by atoms with E-state index in [9.17, 15) is 4.79 Å². The van der Waals surface area contributed by atoms with E-state index in [-0.39, 0.29) is 16.7 Å². The number of rotatable bonds is 3. The Kier molecular flexibility index (Phi) is 4.32. The molecular formula is C16H12Cl2N4O. The number of halogens is 2. The molecule has 1 N–H and O–H groups in total. The van der Waals surface area contributed by atoms with E-state index in [0.717, 1.165) is 10.4 Å². The molecule has 0 bridgehead atoms. The fraction of sp³-hybridized carbons (Fsp3) is 0.0625. The molecule has 0 aliphatic rings. The van der Waals surface area contributed by atoms with Crippen molar-refractivity contribution < 1.29 is 0 Å². The Morgan fingerprint density at radius 2 is 1.87 bits per heavy atom. The first-order valence-corrected chi connectivity index (χ1v) is 7.55. The van der Waals surface area contributed by atoms with Gasteiger partial charge in [-0.15, -0.1) is 0 Å². The number of hydrogen-bond acceptors (Lipinski definition) is 4. The van der Waals surface area contributed by atoms with Crippen LogP contribution in [-0.2, 0) is 0 Å². The fourth-order valence-corrected chi connectivity index (χ4v) is 2.30. The summed E-state index contributed by atoms with van der Waals surface area (Å²) in [5, 5.41) is 8.44.